The first-order valence-corrected chi connectivity index (χ1v) is 4.26. The highest BCUT2D eigenvalue weighted by Crippen LogP contribution is 2.18. The Balaban J connectivity index is 2.66. The third-order valence-corrected chi connectivity index (χ3v) is 1.62. The standard InChI is InChI=1S/C11H11FO2/c1-2-8-14-11(13)10(12)9-6-4-3-5-7-9/h2-8,10H,1H3. The molecule has 1 aromatic rings. The maximum Gasteiger partial charge on any atom is 0.350 e. The molecular formula is C11H11FO2. The molecule has 14 heavy (non-hydrogen) atoms. The van der Waals surface area contributed by atoms with Gasteiger partial charge in [0.05, 0.1) is 6.26 Å². The molecule has 74 valence electrons. The van der Waals surface area contributed by atoms with Gasteiger partial charge in [0.2, 0.25) is 6.17 Å². The lowest BCUT2D eigenvalue weighted by Gasteiger charge is -2.05. The molecule has 0 spiro atoms. The molecule has 0 saturated heterocycles. The van der Waals surface area contributed by atoms with E-state index in [1.165, 1.54) is 6.08 Å². The van der Waals surface area contributed by atoms with Crippen molar-refractivity contribution in [2.24, 2.45) is 0 Å². The van der Waals surface area contributed by atoms with Gasteiger partial charge in [-0.15, -0.1) is 0 Å². The Hall–Kier alpha value is -1.64. The summed E-state index contributed by atoms with van der Waals surface area (Å²) in [5.74, 6) is -0.894. The fourth-order valence-corrected chi connectivity index (χ4v) is 0.953. The quantitative estimate of drug-likeness (QED) is 0.546. The van der Waals surface area contributed by atoms with Crippen LogP contribution in [-0.4, -0.2) is 5.97 Å². The first kappa shape index (κ1) is 10.4. The van der Waals surface area contributed by atoms with Gasteiger partial charge in [0.25, 0.3) is 0 Å². The minimum Gasteiger partial charge on any atom is -0.432 e. The Morgan fingerprint density at radius 2 is 2.07 bits per heavy atom. The number of rotatable bonds is 3. The normalized spacial score (nSPS) is 12.7. The van der Waals surface area contributed by atoms with E-state index in [2.05, 4.69) is 4.74 Å². The molecule has 0 N–H and O–H groups in total. The Bertz CT molecular complexity index is 319. The van der Waals surface area contributed by atoms with E-state index < -0.39 is 12.1 Å². The first-order chi connectivity index (χ1) is 6.75. The second kappa shape index (κ2) is 5.17. The molecule has 0 aromatic heterocycles. The van der Waals surface area contributed by atoms with Crippen LogP contribution in [0.4, 0.5) is 4.39 Å². The number of carbonyl (C=O) groups is 1. The molecular weight excluding hydrogens is 183 g/mol. The van der Waals surface area contributed by atoms with Crippen molar-refractivity contribution in [2.75, 3.05) is 0 Å². The summed E-state index contributed by atoms with van der Waals surface area (Å²) in [5, 5.41) is 0. The number of esters is 1. The van der Waals surface area contributed by atoms with E-state index in [1.807, 2.05) is 0 Å². The highest BCUT2D eigenvalue weighted by atomic mass is 19.1. The van der Waals surface area contributed by atoms with Crippen molar-refractivity contribution < 1.29 is 13.9 Å². The zero-order valence-electron chi connectivity index (χ0n) is 7.81. The van der Waals surface area contributed by atoms with E-state index in [0.29, 0.717) is 5.56 Å². The minimum atomic E-state index is -1.72. The maximum absolute atomic E-state index is 13.3. The predicted molar refractivity (Wildman–Crippen MR) is 51.2 cm³/mol. The van der Waals surface area contributed by atoms with E-state index in [1.54, 1.807) is 37.3 Å². The Labute approximate surface area is 82.0 Å². The fourth-order valence-electron chi connectivity index (χ4n) is 0.953. The summed E-state index contributed by atoms with van der Waals surface area (Å²) >= 11 is 0. The van der Waals surface area contributed by atoms with Crippen LogP contribution < -0.4 is 0 Å². The highest BCUT2D eigenvalue weighted by Gasteiger charge is 2.19. The van der Waals surface area contributed by atoms with Crippen LogP contribution in [0.3, 0.4) is 0 Å². The predicted octanol–water partition coefficient (Wildman–Crippen LogP) is 2.77. The second-order valence-corrected chi connectivity index (χ2v) is 2.68. The average Bonchev–Trinajstić information content (AvgIpc) is 2.26. The van der Waals surface area contributed by atoms with Crippen molar-refractivity contribution in [1.29, 1.82) is 0 Å². The smallest absolute Gasteiger partial charge is 0.350 e. The summed E-state index contributed by atoms with van der Waals surface area (Å²) in [7, 11) is 0. The van der Waals surface area contributed by atoms with Gasteiger partial charge in [0.15, 0.2) is 0 Å². The second-order valence-electron chi connectivity index (χ2n) is 2.68. The molecule has 0 aliphatic heterocycles. The molecule has 1 aromatic carbocycles. The topological polar surface area (TPSA) is 26.3 Å². The van der Waals surface area contributed by atoms with E-state index in [-0.39, 0.29) is 0 Å². The van der Waals surface area contributed by atoms with Crippen molar-refractivity contribution in [3.8, 4) is 0 Å². The molecule has 3 heteroatoms. The number of allylic oxidation sites excluding steroid dienone is 1. The molecule has 0 bridgehead atoms. The van der Waals surface area contributed by atoms with Crippen LogP contribution in [-0.2, 0) is 9.53 Å². The number of carbonyl (C=O) groups excluding carboxylic acids is 1. The number of alkyl halides is 1. The van der Waals surface area contributed by atoms with Crippen molar-refractivity contribution in [2.45, 2.75) is 13.1 Å². The molecule has 0 amide bonds. The van der Waals surface area contributed by atoms with Gasteiger partial charge in [-0.1, -0.05) is 36.4 Å². The number of ether oxygens (including phenoxy) is 1. The van der Waals surface area contributed by atoms with Gasteiger partial charge >= 0.3 is 5.97 Å². The van der Waals surface area contributed by atoms with Crippen LogP contribution in [0, 0.1) is 0 Å². The van der Waals surface area contributed by atoms with Crippen molar-refractivity contribution >= 4 is 5.97 Å². The number of hydrogen-bond acceptors (Lipinski definition) is 2. The lowest BCUT2D eigenvalue weighted by atomic mass is 10.1. The lowest BCUT2D eigenvalue weighted by Crippen LogP contribution is -2.08. The number of halogens is 1. The van der Waals surface area contributed by atoms with Gasteiger partial charge in [-0.25, -0.2) is 9.18 Å². The van der Waals surface area contributed by atoms with Gasteiger partial charge in [0, 0.05) is 0 Å². The minimum absolute atomic E-state index is 0.307. The molecule has 0 heterocycles. The first-order valence-electron chi connectivity index (χ1n) is 4.26. The summed E-state index contributed by atoms with van der Waals surface area (Å²) in [6, 6.07) is 8.19. The van der Waals surface area contributed by atoms with Crippen molar-refractivity contribution in [3.63, 3.8) is 0 Å². The summed E-state index contributed by atoms with van der Waals surface area (Å²) in [4.78, 5) is 11.1. The van der Waals surface area contributed by atoms with Crippen LogP contribution in [0.1, 0.15) is 18.7 Å². The van der Waals surface area contributed by atoms with Crippen LogP contribution in [0.5, 0.6) is 0 Å². The summed E-state index contributed by atoms with van der Waals surface area (Å²) in [6.07, 6.45) is 0.973. The summed E-state index contributed by atoms with van der Waals surface area (Å²) in [6.45, 7) is 1.68. The third-order valence-electron chi connectivity index (χ3n) is 1.62. The van der Waals surface area contributed by atoms with Crippen LogP contribution in [0.15, 0.2) is 42.7 Å². The van der Waals surface area contributed by atoms with Gasteiger partial charge in [0.1, 0.15) is 0 Å². The SMILES string of the molecule is CC=COC(=O)C(F)c1ccccc1. The average molecular weight is 194 g/mol. The zero-order chi connectivity index (χ0) is 10.4. The molecule has 0 aliphatic rings. The van der Waals surface area contributed by atoms with Crippen LogP contribution in [0.25, 0.3) is 0 Å². The van der Waals surface area contributed by atoms with E-state index >= 15 is 0 Å². The third kappa shape index (κ3) is 2.69. The number of hydrogen-bond donors (Lipinski definition) is 0. The molecule has 2 nitrogen and oxygen atoms in total. The van der Waals surface area contributed by atoms with E-state index in [9.17, 15) is 9.18 Å². The molecule has 0 aliphatic carbocycles. The van der Waals surface area contributed by atoms with Gasteiger partial charge in [-0.2, -0.15) is 0 Å². The van der Waals surface area contributed by atoms with Crippen molar-refractivity contribution in [1.82, 2.24) is 0 Å². The van der Waals surface area contributed by atoms with Crippen LogP contribution in [0.2, 0.25) is 0 Å². The molecule has 0 fully saturated rings. The molecule has 1 unspecified atom stereocenters. The van der Waals surface area contributed by atoms with E-state index in [4.69, 9.17) is 0 Å². The Morgan fingerprint density at radius 3 is 2.64 bits per heavy atom. The van der Waals surface area contributed by atoms with Crippen molar-refractivity contribution in [3.05, 3.63) is 48.2 Å². The fraction of sp³-hybridized carbons (Fsp3) is 0.182. The Morgan fingerprint density at radius 1 is 1.43 bits per heavy atom. The molecule has 0 saturated carbocycles. The maximum atomic E-state index is 13.3. The van der Waals surface area contributed by atoms with Crippen LogP contribution >= 0.6 is 0 Å². The van der Waals surface area contributed by atoms with Gasteiger partial charge in [-0.3, -0.25) is 0 Å². The summed E-state index contributed by atoms with van der Waals surface area (Å²) < 4.78 is 17.9. The van der Waals surface area contributed by atoms with Gasteiger partial charge < -0.3 is 4.74 Å². The lowest BCUT2D eigenvalue weighted by molar-refractivity contribution is -0.144. The molecule has 1 rings (SSSR count). The molecule has 1 atom stereocenters. The highest BCUT2D eigenvalue weighted by molar-refractivity contribution is 5.76. The number of benzene rings is 1. The largest absolute Gasteiger partial charge is 0.432 e. The Kier molecular flexibility index (Phi) is 3.85. The molecule has 0 radical (unpaired) electrons. The monoisotopic (exact) mass is 194 g/mol. The van der Waals surface area contributed by atoms with E-state index in [0.717, 1.165) is 6.26 Å². The zero-order valence-corrected chi connectivity index (χ0v) is 7.81. The summed E-state index contributed by atoms with van der Waals surface area (Å²) in [5.41, 5.74) is 0.307. The van der Waals surface area contributed by atoms with Gasteiger partial charge in [-0.05, 0) is 12.5 Å².